The summed E-state index contributed by atoms with van der Waals surface area (Å²) >= 11 is 13.2. The lowest BCUT2D eigenvalue weighted by Crippen LogP contribution is -2.43. The van der Waals surface area contributed by atoms with Gasteiger partial charge in [0.25, 0.3) is 16.2 Å². The summed E-state index contributed by atoms with van der Waals surface area (Å²) in [7, 11) is 0.823. The number of fused-ring (bicyclic) bond motifs is 1. The van der Waals surface area contributed by atoms with Crippen LogP contribution < -0.4 is 25.1 Å². The molecular formula is C25H30Cl2N6O5S. The smallest absolute Gasteiger partial charge is 0.340 e. The van der Waals surface area contributed by atoms with Gasteiger partial charge in [0.2, 0.25) is 0 Å². The van der Waals surface area contributed by atoms with Gasteiger partial charge in [-0.3, -0.25) is 15.0 Å². The summed E-state index contributed by atoms with van der Waals surface area (Å²) in [6.07, 6.45) is 0.106. The van der Waals surface area contributed by atoms with Crippen molar-refractivity contribution in [3.63, 3.8) is 0 Å². The number of benzene rings is 2. The van der Waals surface area contributed by atoms with Gasteiger partial charge in [0.1, 0.15) is 5.58 Å². The SMILES string of the molecule is CNS(=O)(=O)Nc1cccc(Cc2c(CN3CCNCC3)c3cc(Cl)c(OC(=N)N(C)C)cc3oc2=O)c1Cl. The molecule has 2 heterocycles. The molecule has 210 valence electrons. The van der Waals surface area contributed by atoms with Crippen LogP contribution in [0.4, 0.5) is 5.69 Å². The first-order chi connectivity index (χ1) is 18.5. The molecule has 11 nitrogen and oxygen atoms in total. The molecule has 0 amide bonds. The van der Waals surface area contributed by atoms with E-state index in [2.05, 4.69) is 19.7 Å². The summed E-state index contributed by atoms with van der Waals surface area (Å²) in [5.74, 6) is 0.194. The molecule has 0 saturated carbocycles. The third-order valence-electron chi connectivity index (χ3n) is 6.34. The number of anilines is 1. The van der Waals surface area contributed by atoms with Crippen molar-refractivity contribution in [2.45, 2.75) is 13.0 Å². The molecule has 39 heavy (non-hydrogen) atoms. The van der Waals surface area contributed by atoms with Gasteiger partial charge in [0, 0.05) is 77.3 Å². The second-order valence-corrected chi connectivity index (χ2v) is 11.6. The molecule has 0 bridgehead atoms. The fourth-order valence-corrected chi connectivity index (χ4v) is 5.27. The number of hydrogen-bond acceptors (Lipinski definition) is 8. The third kappa shape index (κ3) is 6.83. The van der Waals surface area contributed by atoms with Crippen LogP contribution in [0.1, 0.15) is 16.7 Å². The normalized spacial score (nSPS) is 14.4. The average Bonchev–Trinajstić information content (AvgIpc) is 2.89. The van der Waals surface area contributed by atoms with Gasteiger partial charge in [-0.05, 0) is 23.3 Å². The summed E-state index contributed by atoms with van der Waals surface area (Å²) < 4.78 is 39.9. The van der Waals surface area contributed by atoms with Gasteiger partial charge in [0.05, 0.1) is 15.7 Å². The molecule has 1 aromatic heterocycles. The van der Waals surface area contributed by atoms with E-state index in [9.17, 15) is 13.2 Å². The molecule has 1 saturated heterocycles. The molecular weight excluding hydrogens is 567 g/mol. The number of amidine groups is 1. The minimum absolute atomic E-state index is 0.106. The third-order valence-corrected chi connectivity index (χ3v) is 8.10. The van der Waals surface area contributed by atoms with Crippen LogP contribution in [0.25, 0.3) is 11.0 Å². The van der Waals surface area contributed by atoms with Crippen LogP contribution in [0.5, 0.6) is 5.75 Å². The lowest BCUT2D eigenvalue weighted by molar-refractivity contribution is 0.233. The van der Waals surface area contributed by atoms with E-state index in [4.69, 9.17) is 37.8 Å². The second kappa shape index (κ2) is 12.1. The maximum Gasteiger partial charge on any atom is 0.340 e. The standard InChI is InChI=1S/C25H30Cl2N6O5S/c1-29-39(35,36)31-20-6-4-5-15(23(20)27)11-17-18(14-33-9-7-30-8-10-33)16-12-19(26)22(38-25(28)32(2)3)13-21(16)37-24(17)34/h4-6,12-13,28-31H,7-11,14H2,1-3H3. The maximum absolute atomic E-state index is 13.4. The van der Waals surface area contributed by atoms with E-state index in [-0.39, 0.29) is 39.5 Å². The molecule has 1 aliphatic rings. The summed E-state index contributed by atoms with van der Waals surface area (Å²) in [6, 6.07) is 8.00. The zero-order valence-corrected chi connectivity index (χ0v) is 24.1. The van der Waals surface area contributed by atoms with E-state index < -0.39 is 15.8 Å². The number of piperazine rings is 1. The molecule has 1 fully saturated rings. The summed E-state index contributed by atoms with van der Waals surface area (Å²) in [5.41, 5.74) is 1.58. The van der Waals surface area contributed by atoms with Crippen LogP contribution >= 0.6 is 23.2 Å². The van der Waals surface area contributed by atoms with Crippen molar-refractivity contribution >= 4 is 56.1 Å². The van der Waals surface area contributed by atoms with Crippen molar-refractivity contribution < 1.29 is 17.6 Å². The molecule has 0 atom stereocenters. The Balaban J connectivity index is 1.82. The Labute approximate surface area is 236 Å². The number of hydrogen-bond donors (Lipinski definition) is 4. The first kappa shape index (κ1) is 29.1. The van der Waals surface area contributed by atoms with Gasteiger partial charge in [-0.15, -0.1) is 0 Å². The number of rotatable bonds is 8. The first-order valence-electron chi connectivity index (χ1n) is 12.1. The van der Waals surface area contributed by atoms with E-state index in [0.717, 1.165) is 31.7 Å². The number of nitrogens with zero attached hydrogens (tertiary/aromatic N) is 2. The number of nitrogens with one attached hydrogen (secondary N) is 4. The Morgan fingerprint density at radius 1 is 1.21 bits per heavy atom. The predicted octanol–water partition coefficient (Wildman–Crippen LogP) is 2.85. The van der Waals surface area contributed by atoms with E-state index in [1.165, 1.54) is 24.1 Å². The molecule has 2 aromatic carbocycles. The minimum Gasteiger partial charge on any atom is -0.424 e. The van der Waals surface area contributed by atoms with Gasteiger partial charge in [-0.2, -0.15) is 8.42 Å². The van der Waals surface area contributed by atoms with Crippen molar-refractivity contribution in [1.82, 2.24) is 19.8 Å². The van der Waals surface area contributed by atoms with Crippen LogP contribution in [0.2, 0.25) is 10.0 Å². The zero-order chi connectivity index (χ0) is 28.3. The van der Waals surface area contributed by atoms with Gasteiger partial charge >= 0.3 is 5.63 Å². The maximum atomic E-state index is 13.4. The van der Waals surface area contributed by atoms with Crippen LogP contribution in [-0.2, 0) is 23.2 Å². The molecule has 0 radical (unpaired) electrons. The molecule has 0 unspecified atom stereocenters. The van der Waals surface area contributed by atoms with Crippen LogP contribution in [0.3, 0.4) is 0 Å². The highest BCUT2D eigenvalue weighted by Crippen LogP contribution is 2.35. The predicted molar refractivity (Wildman–Crippen MR) is 154 cm³/mol. The fourth-order valence-electron chi connectivity index (χ4n) is 4.21. The minimum atomic E-state index is -3.79. The highest BCUT2D eigenvalue weighted by atomic mass is 35.5. The lowest BCUT2D eigenvalue weighted by Gasteiger charge is -2.28. The van der Waals surface area contributed by atoms with E-state index >= 15 is 0 Å². The number of halogens is 2. The highest BCUT2D eigenvalue weighted by molar-refractivity contribution is 7.90. The summed E-state index contributed by atoms with van der Waals surface area (Å²) in [5, 5.41) is 12.4. The van der Waals surface area contributed by atoms with E-state index in [1.807, 2.05) is 0 Å². The Morgan fingerprint density at radius 3 is 2.59 bits per heavy atom. The molecule has 14 heteroatoms. The molecule has 4 rings (SSSR count). The molecule has 0 aliphatic carbocycles. The second-order valence-electron chi connectivity index (χ2n) is 9.22. The fraction of sp³-hybridized carbons (Fsp3) is 0.360. The van der Waals surface area contributed by atoms with Crippen molar-refractivity contribution in [3.8, 4) is 5.75 Å². The van der Waals surface area contributed by atoms with Crippen LogP contribution in [-0.4, -0.2) is 71.6 Å². The lowest BCUT2D eigenvalue weighted by atomic mass is 9.97. The van der Waals surface area contributed by atoms with Crippen molar-refractivity contribution in [1.29, 1.82) is 5.41 Å². The molecule has 4 N–H and O–H groups in total. The largest absolute Gasteiger partial charge is 0.424 e. The van der Waals surface area contributed by atoms with E-state index in [1.54, 1.807) is 32.3 Å². The quantitative estimate of drug-likeness (QED) is 0.177. The molecule has 0 spiro atoms. The van der Waals surface area contributed by atoms with Crippen molar-refractivity contribution in [2.24, 2.45) is 0 Å². The van der Waals surface area contributed by atoms with Crippen LogP contribution in [0.15, 0.2) is 39.5 Å². The Bertz CT molecular complexity index is 1550. The van der Waals surface area contributed by atoms with Gasteiger partial charge in [-0.25, -0.2) is 9.52 Å². The number of ether oxygens (including phenoxy) is 1. The molecule has 3 aromatic rings. The summed E-state index contributed by atoms with van der Waals surface area (Å²) in [4.78, 5) is 17.1. The van der Waals surface area contributed by atoms with Gasteiger partial charge in [0.15, 0.2) is 5.75 Å². The Kier molecular flexibility index (Phi) is 9.04. The highest BCUT2D eigenvalue weighted by Gasteiger charge is 2.23. The van der Waals surface area contributed by atoms with Gasteiger partial charge < -0.3 is 19.4 Å². The first-order valence-corrected chi connectivity index (χ1v) is 14.4. The van der Waals surface area contributed by atoms with Crippen molar-refractivity contribution in [3.05, 3.63) is 67.5 Å². The monoisotopic (exact) mass is 596 g/mol. The van der Waals surface area contributed by atoms with Crippen molar-refractivity contribution in [2.75, 3.05) is 52.0 Å². The van der Waals surface area contributed by atoms with Crippen LogP contribution in [0, 0.1) is 5.41 Å². The van der Waals surface area contributed by atoms with Gasteiger partial charge in [-0.1, -0.05) is 35.3 Å². The van der Waals surface area contributed by atoms with E-state index in [0.29, 0.717) is 23.1 Å². The summed E-state index contributed by atoms with van der Waals surface area (Å²) in [6.45, 7) is 3.68. The Morgan fingerprint density at radius 2 is 1.92 bits per heavy atom. The average molecular weight is 598 g/mol. The molecule has 1 aliphatic heterocycles. The Hall–Kier alpha value is -2.87. The zero-order valence-electron chi connectivity index (χ0n) is 21.7. The topological polar surface area (TPSA) is 140 Å².